The van der Waals surface area contributed by atoms with Gasteiger partial charge in [0.25, 0.3) is 0 Å². The first-order valence-corrected chi connectivity index (χ1v) is 10.5. The number of nitrogens with zero attached hydrogens (tertiary/aromatic N) is 1. The van der Waals surface area contributed by atoms with Crippen molar-refractivity contribution in [2.24, 2.45) is 0 Å². The summed E-state index contributed by atoms with van der Waals surface area (Å²) < 4.78 is 26.0. The number of nitrogens with one attached hydrogen (secondary N) is 1. The van der Waals surface area contributed by atoms with E-state index in [1.807, 2.05) is 32.0 Å². The van der Waals surface area contributed by atoms with E-state index in [0.717, 1.165) is 21.7 Å². The molecule has 0 saturated carbocycles. The molecule has 0 heterocycles. The van der Waals surface area contributed by atoms with E-state index in [1.54, 1.807) is 25.1 Å². The highest BCUT2D eigenvalue weighted by Crippen LogP contribution is 2.26. The van der Waals surface area contributed by atoms with Crippen LogP contribution in [-0.2, 0) is 14.8 Å². The second-order valence-corrected chi connectivity index (χ2v) is 8.57. The van der Waals surface area contributed by atoms with Crippen molar-refractivity contribution in [3.8, 4) is 0 Å². The number of hydrogen-bond donors (Lipinski definition) is 1. The summed E-state index contributed by atoms with van der Waals surface area (Å²) >= 11 is 6.01. The molecule has 0 aromatic heterocycles. The standard InChI is InChI=1S/C19H23ClN2O3S/c1-5-18(19(23)21-17-11-13(2)9-10-14(17)3)22(26(4,24)25)16-8-6-7-15(20)12-16/h6-12,18H,5H2,1-4H3,(H,21,23). The van der Waals surface area contributed by atoms with E-state index >= 15 is 0 Å². The summed E-state index contributed by atoms with van der Waals surface area (Å²) in [5.41, 5.74) is 2.96. The van der Waals surface area contributed by atoms with Crippen LogP contribution in [0.3, 0.4) is 0 Å². The fraction of sp³-hybridized carbons (Fsp3) is 0.316. The Morgan fingerprint density at radius 2 is 1.88 bits per heavy atom. The zero-order valence-electron chi connectivity index (χ0n) is 15.3. The van der Waals surface area contributed by atoms with E-state index in [4.69, 9.17) is 11.6 Å². The van der Waals surface area contributed by atoms with Crippen LogP contribution in [0.25, 0.3) is 0 Å². The van der Waals surface area contributed by atoms with Crippen molar-refractivity contribution >= 4 is 38.9 Å². The molecule has 0 aliphatic carbocycles. The summed E-state index contributed by atoms with van der Waals surface area (Å²) in [5, 5.41) is 3.26. The quantitative estimate of drug-likeness (QED) is 0.800. The van der Waals surface area contributed by atoms with Gasteiger partial charge in [-0.3, -0.25) is 9.10 Å². The topological polar surface area (TPSA) is 66.5 Å². The summed E-state index contributed by atoms with van der Waals surface area (Å²) in [6, 6.07) is 11.3. The molecular weight excluding hydrogens is 372 g/mol. The van der Waals surface area contributed by atoms with Gasteiger partial charge in [0, 0.05) is 10.7 Å². The Morgan fingerprint density at radius 3 is 2.46 bits per heavy atom. The molecule has 26 heavy (non-hydrogen) atoms. The maximum atomic E-state index is 12.9. The van der Waals surface area contributed by atoms with Gasteiger partial charge in [-0.25, -0.2) is 8.42 Å². The number of carbonyl (C=O) groups is 1. The second-order valence-electron chi connectivity index (χ2n) is 6.27. The molecule has 0 radical (unpaired) electrons. The predicted molar refractivity (Wildman–Crippen MR) is 107 cm³/mol. The van der Waals surface area contributed by atoms with Crippen molar-refractivity contribution in [2.45, 2.75) is 33.2 Å². The van der Waals surface area contributed by atoms with Crippen molar-refractivity contribution in [3.05, 3.63) is 58.6 Å². The van der Waals surface area contributed by atoms with Gasteiger partial charge < -0.3 is 5.32 Å². The maximum absolute atomic E-state index is 12.9. The lowest BCUT2D eigenvalue weighted by molar-refractivity contribution is -0.117. The third-order valence-corrected chi connectivity index (χ3v) is 5.46. The normalized spacial score (nSPS) is 12.5. The highest BCUT2D eigenvalue weighted by molar-refractivity contribution is 7.92. The summed E-state index contributed by atoms with van der Waals surface area (Å²) in [6.07, 6.45) is 1.40. The molecule has 0 spiro atoms. The summed E-state index contributed by atoms with van der Waals surface area (Å²) in [5.74, 6) is -0.383. The Hall–Kier alpha value is -2.05. The minimum Gasteiger partial charge on any atom is -0.324 e. The third kappa shape index (κ3) is 4.77. The molecule has 2 aromatic rings. The number of amides is 1. The number of hydrogen-bond acceptors (Lipinski definition) is 3. The first-order valence-electron chi connectivity index (χ1n) is 8.26. The van der Waals surface area contributed by atoms with Crippen molar-refractivity contribution < 1.29 is 13.2 Å². The first-order chi connectivity index (χ1) is 12.1. The zero-order chi connectivity index (χ0) is 19.5. The Labute approximate surface area is 160 Å². The van der Waals surface area contributed by atoms with Crippen molar-refractivity contribution in [2.75, 3.05) is 15.9 Å². The minimum atomic E-state index is -3.69. The SMILES string of the molecule is CCC(C(=O)Nc1cc(C)ccc1C)N(c1cccc(Cl)c1)S(C)(=O)=O. The molecule has 1 unspecified atom stereocenters. The smallest absolute Gasteiger partial charge is 0.248 e. The lowest BCUT2D eigenvalue weighted by atomic mass is 10.1. The zero-order valence-corrected chi connectivity index (χ0v) is 16.9. The molecule has 5 nitrogen and oxygen atoms in total. The number of carbonyl (C=O) groups excluding carboxylic acids is 1. The van der Waals surface area contributed by atoms with E-state index < -0.39 is 16.1 Å². The van der Waals surface area contributed by atoms with Gasteiger partial charge in [0.15, 0.2) is 0 Å². The average Bonchev–Trinajstić information content (AvgIpc) is 2.54. The van der Waals surface area contributed by atoms with Crippen LogP contribution in [-0.4, -0.2) is 26.6 Å². The minimum absolute atomic E-state index is 0.316. The van der Waals surface area contributed by atoms with E-state index in [2.05, 4.69) is 5.32 Å². The molecule has 2 rings (SSSR count). The van der Waals surface area contributed by atoms with Crippen LogP contribution in [0, 0.1) is 13.8 Å². The van der Waals surface area contributed by atoms with E-state index in [9.17, 15) is 13.2 Å². The fourth-order valence-electron chi connectivity index (χ4n) is 2.76. The molecule has 7 heteroatoms. The molecule has 1 amide bonds. The predicted octanol–water partition coefficient (Wildman–Crippen LogP) is 4.14. The summed E-state index contributed by atoms with van der Waals surface area (Å²) in [7, 11) is -3.69. The highest BCUT2D eigenvalue weighted by atomic mass is 35.5. The van der Waals surface area contributed by atoms with Gasteiger partial charge in [-0.2, -0.15) is 0 Å². The molecular formula is C19H23ClN2O3S. The molecule has 2 aromatic carbocycles. The molecule has 0 aliphatic rings. The van der Waals surface area contributed by atoms with Crippen LogP contribution in [0.4, 0.5) is 11.4 Å². The molecule has 1 N–H and O–H groups in total. The Morgan fingerprint density at radius 1 is 1.19 bits per heavy atom. The number of anilines is 2. The molecule has 0 saturated heterocycles. The largest absolute Gasteiger partial charge is 0.324 e. The monoisotopic (exact) mass is 394 g/mol. The Bertz CT molecular complexity index is 913. The number of aryl methyl sites for hydroxylation is 2. The fourth-order valence-corrected chi connectivity index (χ4v) is 4.15. The lowest BCUT2D eigenvalue weighted by Crippen LogP contribution is -2.47. The number of sulfonamides is 1. The number of halogens is 1. The van der Waals surface area contributed by atoms with E-state index in [-0.39, 0.29) is 5.91 Å². The van der Waals surface area contributed by atoms with Gasteiger partial charge in [-0.1, -0.05) is 36.7 Å². The lowest BCUT2D eigenvalue weighted by Gasteiger charge is -2.30. The van der Waals surface area contributed by atoms with Crippen LogP contribution < -0.4 is 9.62 Å². The van der Waals surface area contributed by atoms with Gasteiger partial charge in [0.1, 0.15) is 6.04 Å². The van der Waals surface area contributed by atoms with Crippen molar-refractivity contribution in [1.29, 1.82) is 0 Å². The highest BCUT2D eigenvalue weighted by Gasteiger charge is 2.31. The van der Waals surface area contributed by atoms with E-state index in [0.29, 0.717) is 22.8 Å². The molecule has 0 bridgehead atoms. The van der Waals surface area contributed by atoms with Gasteiger partial charge in [0.05, 0.1) is 11.9 Å². The third-order valence-electron chi connectivity index (χ3n) is 4.04. The maximum Gasteiger partial charge on any atom is 0.248 e. The Kier molecular flexibility index (Phi) is 6.31. The average molecular weight is 395 g/mol. The van der Waals surface area contributed by atoms with Crippen molar-refractivity contribution in [1.82, 2.24) is 0 Å². The molecule has 1 atom stereocenters. The molecule has 0 aliphatic heterocycles. The molecule has 0 fully saturated rings. The van der Waals surface area contributed by atoms with Crippen LogP contribution in [0.5, 0.6) is 0 Å². The van der Waals surface area contributed by atoms with Gasteiger partial charge in [-0.05, 0) is 55.7 Å². The number of rotatable bonds is 6. The number of benzene rings is 2. The van der Waals surface area contributed by atoms with Crippen LogP contribution >= 0.6 is 11.6 Å². The van der Waals surface area contributed by atoms with Gasteiger partial charge >= 0.3 is 0 Å². The Balaban J connectivity index is 2.41. The van der Waals surface area contributed by atoms with Gasteiger partial charge in [0.2, 0.25) is 15.9 Å². The van der Waals surface area contributed by atoms with E-state index in [1.165, 1.54) is 6.07 Å². The van der Waals surface area contributed by atoms with Crippen LogP contribution in [0.15, 0.2) is 42.5 Å². The van der Waals surface area contributed by atoms with Gasteiger partial charge in [-0.15, -0.1) is 0 Å². The van der Waals surface area contributed by atoms with Crippen LogP contribution in [0.1, 0.15) is 24.5 Å². The van der Waals surface area contributed by atoms with Crippen LogP contribution in [0.2, 0.25) is 5.02 Å². The van der Waals surface area contributed by atoms with Crippen molar-refractivity contribution in [3.63, 3.8) is 0 Å². The first kappa shape index (κ1) is 20.3. The summed E-state index contributed by atoms with van der Waals surface area (Å²) in [6.45, 7) is 5.60. The molecule has 140 valence electrons. The summed E-state index contributed by atoms with van der Waals surface area (Å²) in [4.78, 5) is 12.9. The second kappa shape index (κ2) is 8.10.